The smallest absolute Gasteiger partial charge is 0.197 e. The van der Waals surface area contributed by atoms with Crippen LogP contribution in [-0.2, 0) is 0 Å². The molecule has 0 saturated heterocycles. The summed E-state index contributed by atoms with van der Waals surface area (Å²) in [5.41, 5.74) is 8.27. The van der Waals surface area contributed by atoms with Gasteiger partial charge in [0.05, 0.1) is 22.6 Å². The molecule has 32 heavy (non-hydrogen) atoms. The van der Waals surface area contributed by atoms with Crippen LogP contribution in [-0.4, -0.2) is 11.6 Å². The van der Waals surface area contributed by atoms with Crippen molar-refractivity contribution in [3.8, 4) is 0 Å². The van der Waals surface area contributed by atoms with E-state index in [1.807, 2.05) is 89.9 Å². The number of ketones is 2. The molecule has 0 aromatic heterocycles. The Morgan fingerprint density at radius 3 is 1.66 bits per heavy atom. The van der Waals surface area contributed by atoms with Gasteiger partial charge in [0.1, 0.15) is 0 Å². The summed E-state index contributed by atoms with van der Waals surface area (Å²) >= 11 is 0. The Bertz CT molecular complexity index is 1270. The number of carbonyl (C=O) groups is 2. The molecule has 0 amide bonds. The van der Waals surface area contributed by atoms with Gasteiger partial charge in [0.2, 0.25) is 0 Å². The molecule has 1 aliphatic rings. The average Bonchev–Trinajstić information content (AvgIpc) is 3.09. The number of carbonyl (C=O) groups excluding carboxylic acids is 2. The quantitative estimate of drug-likeness (QED) is 0.235. The normalized spacial score (nSPS) is 12.4. The van der Waals surface area contributed by atoms with Crippen LogP contribution in [0, 0.1) is 0 Å². The summed E-state index contributed by atoms with van der Waals surface area (Å²) in [6.45, 7) is 0. The molecule has 0 heterocycles. The second-order valence-corrected chi connectivity index (χ2v) is 7.50. The van der Waals surface area contributed by atoms with E-state index in [1.165, 1.54) is 0 Å². The van der Waals surface area contributed by atoms with Crippen LogP contribution >= 0.6 is 0 Å². The van der Waals surface area contributed by atoms with Crippen molar-refractivity contribution in [2.45, 2.75) is 0 Å². The van der Waals surface area contributed by atoms with Crippen LogP contribution in [0.1, 0.15) is 26.3 Å². The Morgan fingerprint density at radius 2 is 1.06 bits per heavy atom. The molecule has 4 aromatic carbocycles. The summed E-state index contributed by atoms with van der Waals surface area (Å²) in [6, 6.07) is 34.7. The van der Waals surface area contributed by atoms with Gasteiger partial charge in [0.15, 0.2) is 11.6 Å². The minimum atomic E-state index is -0.216. The molecular weight excluding hydrogens is 396 g/mol. The van der Waals surface area contributed by atoms with E-state index in [0.717, 1.165) is 22.6 Å². The minimum absolute atomic E-state index is 0.210. The van der Waals surface area contributed by atoms with E-state index in [9.17, 15) is 9.59 Å². The lowest BCUT2D eigenvalue weighted by molar-refractivity contribution is 0.0990. The third-order valence-corrected chi connectivity index (χ3v) is 5.40. The van der Waals surface area contributed by atoms with E-state index < -0.39 is 0 Å². The highest BCUT2D eigenvalue weighted by Gasteiger charge is 2.32. The molecule has 1 N–H and O–H groups in total. The van der Waals surface area contributed by atoms with Crippen LogP contribution in [0.5, 0.6) is 0 Å². The summed E-state index contributed by atoms with van der Waals surface area (Å²) in [5, 5.41) is 1.99. The first-order valence-corrected chi connectivity index (χ1v) is 10.4. The number of Topliss-reactive ketones (excluding diaryl/α,β-unsaturated/α-hetero) is 2. The first-order chi connectivity index (χ1) is 15.7. The first-order valence-electron chi connectivity index (χ1n) is 10.4. The van der Waals surface area contributed by atoms with Gasteiger partial charge in [-0.25, -0.2) is 0 Å². The van der Waals surface area contributed by atoms with Gasteiger partial charge < -0.3 is 0 Å². The Hall–Kier alpha value is -4.44. The van der Waals surface area contributed by atoms with E-state index in [2.05, 4.69) is 5.43 Å². The van der Waals surface area contributed by atoms with Crippen molar-refractivity contribution in [3.05, 3.63) is 131 Å². The van der Waals surface area contributed by atoms with E-state index in [4.69, 9.17) is 0 Å². The number of hydrogen-bond donors (Lipinski definition) is 1. The Morgan fingerprint density at radius 1 is 0.562 bits per heavy atom. The molecule has 4 aromatic rings. The fraction of sp³-hybridized carbons (Fsp3) is 0. The molecule has 0 radical (unpaired) electrons. The summed E-state index contributed by atoms with van der Waals surface area (Å²) in [7, 11) is 0. The van der Waals surface area contributed by atoms with Crippen molar-refractivity contribution < 1.29 is 9.59 Å². The minimum Gasteiger partial charge on any atom is -0.294 e. The number of hydrazine groups is 1. The number of allylic oxidation sites excluding steroid dienone is 1. The number of nitrogens with zero attached hydrogens (tertiary/aromatic N) is 1. The maximum absolute atomic E-state index is 12.7. The molecule has 0 saturated carbocycles. The second kappa shape index (κ2) is 8.36. The third kappa shape index (κ3) is 3.70. The molecule has 0 atom stereocenters. The van der Waals surface area contributed by atoms with Crippen LogP contribution in [0.2, 0.25) is 0 Å². The van der Waals surface area contributed by atoms with E-state index >= 15 is 0 Å². The molecule has 0 aliphatic heterocycles. The summed E-state index contributed by atoms with van der Waals surface area (Å²) in [5.74, 6) is -0.433. The van der Waals surface area contributed by atoms with Crippen LogP contribution in [0.3, 0.4) is 0 Å². The lowest BCUT2D eigenvalue weighted by Crippen LogP contribution is -2.24. The zero-order valence-electron chi connectivity index (χ0n) is 17.2. The lowest BCUT2D eigenvalue weighted by Gasteiger charge is -2.26. The van der Waals surface area contributed by atoms with Gasteiger partial charge in [-0.05, 0) is 48.0 Å². The van der Waals surface area contributed by atoms with Crippen molar-refractivity contribution in [1.29, 1.82) is 0 Å². The molecule has 0 fully saturated rings. The van der Waals surface area contributed by atoms with Crippen LogP contribution < -0.4 is 10.4 Å². The van der Waals surface area contributed by atoms with Crippen molar-refractivity contribution in [3.63, 3.8) is 0 Å². The predicted octanol–water partition coefficient (Wildman–Crippen LogP) is 6.31. The monoisotopic (exact) mass is 416 g/mol. The Balaban J connectivity index is 1.46. The van der Waals surface area contributed by atoms with E-state index in [1.54, 1.807) is 30.3 Å². The Labute approximate surface area is 186 Å². The summed E-state index contributed by atoms with van der Waals surface area (Å²) in [4.78, 5) is 25.3. The molecule has 0 unspecified atom stereocenters. The maximum atomic E-state index is 12.7. The van der Waals surface area contributed by atoms with Gasteiger partial charge in [0, 0.05) is 11.1 Å². The van der Waals surface area contributed by atoms with E-state index in [-0.39, 0.29) is 17.1 Å². The molecule has 4 heteroatoms. The number of para-hydroxylation sites is 2. The molecule has 5 rings (SSSR count). The van der Waals surface area contributed by atoms with Gasteiger partial charge in [-0.2, -0.15) is 0 Å². The highest BCUT2D eigenvalue weighted by molar-refractivity contribution is 6.41. The molecule has 0 bridgehead atoms. The van der Waals surface area contributed by atoms with Gasteiger partial charge in [0.25, 0.3) is 0 Å². The zero-order chi connectivity index (χ0) is 21.9. The summed E-state index contributed by atoms with van der Waals surface area (Å²) in [6.07, 6.45) is 1.67. The van der Waals surface area contributed by atoms with E-state index in [0.29, 0.717) is 11.1 Å². The first kappa shape index (κ1) is 19.5. The average molecular weight is 416 g/mol. The van der Waals surface area contributed by atoms with Crippen LogP contribution in [0.15, 0.2) is 115 Å². The van der Waals surface area contributed by atoms with Crippen LogP contribution in [0.25, 0.3) is 6.08 Å². The molecule has 154 valence electrons. The molecule has 1 aliphatic carbocycles. The zero-order valence-corrected chi connectivity index (χ0v) is 17.2. The highest BCUT2D eigenvalue weighted by atomic mass is 16.2. The number of hydrogen-bond acceptors (Lipinski definition) is 4. The van der Waals surface area contributed by atoms with Crippen molar-refractivity contribution in [2.75, 3.05) is 10.4 Å². The molecule has 4 nitrogen and oxygen atoms in total. The number of anilines is 3. The predicted molar refractivity (Wildman–Crippen MR) is 128 cm³/mol. The lowest BCUT2D eigenvalue weighted by atomic mass is 10.1. The molecule has 0 spiro atoms. The highest BCUT2D eigenvalue weighted by Crippen LogP contribution is 2.30. The number of nitrogens with one attached hydrogen (secondary N) is 1. The largest absolute Gasteiger partial charge is 0.294 e. The van der Waals surface area contributed by atoms with Crippen molar-refractivity contribution in [1.82, 2.24) is 0 Å². The topological polar surface area (TPSA) is 49.4 Å². The summed E-state index contributed by atoms with van der Waals surface area (Å²) < 4.78 is 0. The third-order valence-electron chi connectivity index (χ3n) is 5.40. The SMILES string of the molecule is O=C1C(=Cc2ccc(N(Nc3ccccc3)c3ccccc3)cc2)C(=O)c2ccccc21. The van der Waals surface area contributed by atoms with Gasteiger partial charge in [-0.1, -0.05) is 72.8 Å². The van der Waals surface area contributed by atoms with Crippen LogP contribution in [0.4, 0.5) is 17.1 Å². The van der Waals surface area contributed by atoms with Gasteiger partial charge in [-0.3, -0.25) is 20.0 Å². The number of fused-ring (bicyclic) bond motifs is 1. The number of rotatable bonds is 5. The fourth-order valence-electron chi connectivity index (χ4n) is 3.79. The van der Waals surface area contributed by atoms with Gasteiger partial charge in [-0.15, -0.1) is 0 Å². The fourth-order valence-corrected chi connectivity index (χ4v) is 3.79. The van der Waals surface area contributed by atoms with Crippen molar-refractivity contribution in [2.24, 2.45) is 0 Å². The Kier molecular flexibility index (Phi) is 5.10. The van der Waals surface area contributed by atoms with Crippen molar-refractivity contribution >= 4 is 34.7 Å². The standard InChI is InChI=1S/C28H20N2O2/c31-27-24-13-7-8-14-25(24)28(32)26(27)19-20-15-17-23(18-16-20)30(22-11-5-2-6-12-22)29-21-9-3-1-4-10-21/h1-19,29H. The molecular formula is C28H20N2O2. The number of benzene rings is 4. The maximum Gasteiger partial charge on any atom is 0.197 e. The second-order valence-electron chi connectivity index (χ2n) is 7.50. The van der Waals surface area contributed by atoms with Gasteiger partial charge >= 0.3 is 0 Å².